The summed E-state index contributed by atoms with van der Waals surface area (Å²) >= 11 is -1.71. The molecule has 1 aliphatic rings. The van der Waals surface area contributed by atoms with Gasteiger partial charge in [0.05, 0.1) is 0 Å². The summed E-state index contributed by atoms with van der Waals surface area (Å²) in [5.41, 5.74) is 3.11. The zero-order chi connectivity index (χ0) is 12.6. The van der Waals surface area contributed by atoms with E-state index in [1.165, 1.54) is 12.3 Å². The van der Waals surface area contributed by atoms with E-state index in [4.69, 9.17) is 15.2 Å². The van der Waals surface area contributed by atoms with Crippen molar-refractivity contribution in [2.45, 2.75) is 17.8 Å². The molecule has 94 valence electrons. The largest absolute Gasteiger partial charge is 0.388 e. The maximum absolute atomic E-state index is 11.5. The van der Waals surface area contributed by atoms with Crippen LogP contribution in [0.15, 0.2) is 17.1 Å². The summed E-state index contributed by atoms with van der Waals surface area (Å²) in [7, 11) is 0. The van der Waals surface area contributed by atoms with Crippen LogP contribution in [0.25, 0.3) is 0 Å². The Balaban J connectivity index is 2.32. The molecular weight excluding hydrogens is 254 g/mol. The highest BCUT2D eigenvalue weighted by molar-refractivity contribution is 7.88. The number of nitrogen functional groups attached to an aromatic ring is 1. The van der Waals surface area contributed by atoms with Crippen LogP contribution in [0.2, 0.25) is 0 Å². The van der Waals surface area contributed by atoms with Gasteiger partial charge in [-0.05, 0) is 6.07 Å². The Kier molecular flexibility index (Phi) is 3.33. The van der Waals surface area contributed by atoms with Gasteiger partial charge in [0.2, 0.25) is 6.23 Å². The lowest BCUT2D eigenvalue weighted by atomic mass is 10.3. The molecule has 0 aromatic carbocycles. The third kappa shape index (κ3) is 2.13. The van der Waals surface area contributed by atoms with E-state index in [2.05, 4.69) is 9.32 Å². The fourth-order valence-electron chi connectivity index (χ4n) is 1.36. The summed E-state index contributed by atoms with van der Waals surface area (Å²) in [5, 5.41) is 27.5. The SMILES string of the molecule is Nc1ccn([C@@H]2O[S+](OO)[C@@H](O)[C@H]2O)c(=O)n1. The van der Waals surface area contributed by atoms with Crippen molar-refractivity contribution >= 4 is 17.3 Å². The van der Waals surface area contributed by atoms with Gasteiger partial charge in [-0.3, -0.25) is 4.57 Å². The van der Waals surface area contributed by atoms with Crippen LogP contribution in [0, 0.1) is 0 Å². The van der Waals surface area contributed by atoms with Crippen LogP contribution in [-0.4, -0.2) is 36.6 Å². The average Bonchev–Trinajstić information content (AvgIpc) is 2.57. The maximum Gasteiger partial charge on any atom is 0.388 e. The zero-order valence-corrected chi connectivity index (χ0v) is 9.15. The van der Waals surface area contributed by atoms with E-state index < -0.39 is 34.9 Å². The third-order valence-electron chi connectivity index (χ3n) is 2.17. The second-order valence-electron chi connectivity index (χ2n) is 3.25. The van der Waals surface area contributed by atoms with Crippen molar-refractivity contribution < 1.29 is 24.0 Å². The van der Waals surface area contributed by atoms with Crippen LogP contribution in [0.5, 0.6) is 0 Å². The molecule has 1 unspecified atom stereocenters. The number of anilines is 1. The number of rotatable bonds is 2. The predicted molar refractivity (Wildman–Crippen MR) is 56.1 cm³/mol. The smallest absolute Gasteiger partial charge is 0.383 e. The predicted octanol–water partition coefficient (Wildman–Crippen LogP) is -2.03. The maximum atomic E-state index is 11.5. The van der Waals surface area contributed by atoms with Gasteiger partial charge >= 0.3 is 22.6 Å². The Hall–Kier alpha value is -1.17. The van der Waals surface area contributed by atoms with Gasteiger partial charge in [-0.15, -0.1) is 4.18 Å². The highest BCUT2D eigenvalue weighted by Crippen LogP contribution is 2.31. The lowest BCUT2D eigenvalue weighted by Gasteiger charge is -2.11. The molecule has 10 heteroatoms. The minimum absolute atomic E-state index is 0.0247. The number of nitrogens with zero attached hydrogens (tertiary/aromatic N) is 2. The lowest BCUT2D eigenvalue weighted by molar-refractivity contribution is -0.135. The first kappa shape index (κ1) is 12.3. The molecule has 0 amide bonds. The molecule has 9 nitrogen and oxygen atoms in total. The monoisotopic (exact) mass is 264 g/mol. The van der Waals surface area contributed by atoms with Crippen LogP contribution in [-0.2, 0) is 20.0 Å². The first-order chi connectivity index (χ1) is 8.04. The third-order valence-corrected chi connectivity index (χ3v) is 3.38. The van der Waals surface area contributed by atoms with E-state index in [9.17, 15) is 15.0 Å². The lowest BCUT2D eigenvalue weighted by Crippen LogP contribution is -2.35. The van der Waals surface area contributed by atoms with Crippen molar-refractivity contribution in [2.24, 2.45) is 0 Å². The molecule has 1 aromatic rings. The number of aliphatic hydroxyl groups excluding tert-OH is 2. The summed E-state index contributed by atoms with van der Waals surface area (Å²) in [4.78, 5) is 14.9. The van der Waals surface area contributed by atoms with Crippen molar-refractivity contribution in [3.05, 3.63) is 22.7 Å². The molecule has 4 atom stereocenters. The molecule has 1 aliphatic heterocycles. The molecule has 0 aliphatic carbocycles. The topological polar surface area (TPSA) is 140 Å². The van der Waals surface area contributed by atoms with E-state index in [0.29, 0.717) is 0 Å². The van der Waals surface area contributed by atoms with Crippen molar-refractivity contribution in [3.63, 3.8) is 0 Å². The van der Waals surface area contributed by atoms with Gasteiger partial charge in [-0.1, -0.05) is 0 Å². The van der Waals surface area contributed by atoms with Crippen molar-refractivity contribution in [3.8, 4) is 0 Å². The van der Waals surface area contributed by atoms with Gasteiger partial charge in [0.1, 0.15) is 5.82 Å². The Morgan fingerprint density at radius 2 is 2.29 bits per heavy atom. The Bertz CT molecular complexity index is 467. The number of aliphatic hydroxyl groups is 2. The average molecular weight is 264 g/mol. The molecule has 5 N–H and O–H groups in total. The van der Waals surface area contributed by atoms with Crippen molar-refractivity contribution in [1.29, 1.82) is 0 Å². The number of hydrogen-bond acceptors (Lipinski definition) is 8. The first-order valence-electron chi connectivity index (χ1n) is 4.47. The zero-order valence-electron chi connectivity index (χ0n) is 8.33. The number of aromatic nitrogens is 2. The van der Waals surface area contributed by atoms with Crippen molar-refractivity contribution in [2.75, 3.05) is 5.73 Å². The molecule has 0 saturated carbocycles. The first-order valence-corrected chi connectivity index (χ1v) is 5.61. The van der Waals surface area contributed by atoms with Crippen LogP contribution >= 0.6 is 0 Å². The highest BCUT2D eigenvalue weighted by Gasteiger charge is 2.57. The van der Waals surface area contributed by atoms with E-state index in [0.717, 1.165) is 4.57 Å². The van der Waals surface area contributed by atoms with E-state index >= 15 is 0 Å². The summed E-state index contributed by atoms with van der Waals surface area (Å²) in [6.45, 7) is 0. The van der Waals surface area contributed by atoms with Crippen LogP contribution < -0.4 is 11.4 Å². The summed E-state index contributed by atoms with van der Waals surface area (Å²) in [5.74, 6) is 0.0247. The number of nitrogens with two attached hydrogens (primary N) is 1. The second kappa shape index (κ2) is 4.60. The molecule has 17 heavy (non-hydrogen) atoms. The molecular formula is C7H10N3O6S+. The van der Waals surface area contributed by atoms with Gasteiger partial charge in [-0.2, -0.15) is 4.98 Å². The Morgan fingerprint density at radius 3 is 2.82 bits per heavy atom. The van der Waals surface area contributed by atoms with Crippen LogP contribution in [0.1, 0.15) is 6.23 Å². The fourth-order valence-corrected chi connectivity index (χ4v) is 2.36. The minimum atomic E-state index is -1.71. The van der Waals surface area contributed by atoms with Crippen LogP contribution in [0.3, 0.4) is 0 Å². The van der Waals surface area contributed by atoms with Crippen LogP contribution in [0.4, 0.5) is 5.82 Å². The molecule has 2 rings (SSSR count). The quantitative estimate of drug-likeness (QED) is 0.272. The molecule has 0 radical (unpaired) electrons. The van der Waals surface area contributed by atoms with Gasteiger partial charge in [0.25, 0.3) is 0 Å². The van der Waals surface area contributed by atoms with Gasteiger partial charge < -0.3 is 15.9 Å². The minimum Gasteiger partial charge on any atom is -0.383 e. The van der Waals surface area contributed by atoms with E-state index in [-0.39, 0.29) is 5.82 Å². The number of hydrogen-bond donors (Lipinski definition) is 4. The molecule has 2 heterocycles. The van der Waals surface area contributed by atoms with Crippen molar-refractivity contribution in [1.82, 2.24) is 9.55 Å². The van der Waals surface area contributed by atoms with Gasteiger partial charge in [-0.25, -0.2) is 10.1 Å². The normalized spacial score (nSPS) is 32.9. The van der Waals surface area contributed by atoms with E-state index in [1.54, 1.807) is 0 Å². The summed E-state index contributed by atoms with van der Waals surface area (Å²) in [6.07, 6.45) is -1.36. The second-order valence-corrected chi connectivity index (χ2v) is 4.59. The standard InChI is InChI=1S/C7H9N3O6S/c8-3-1-2-10(7(13)9-3)5-4(11)6(12)17(15-5)16-14/h1-2,4-6,11-12H,(H2-,8,9,13,14)/p+1/t4-,5+,6+,17?/m0/s1. The molecule has 1 aromatic heterocycles. The summed E-state index contributed by atoms with van der Waals surface area (Å²) in [6, 6.07) is 1.33. The van der Waals surface area contributed by atoms with Gasteiger partial charge in [0.15, 0.2) is 6.10 Å². The molecule has 1 fully saturated rings. The Morgan fingerprint density at radius 1 is 1.59 bits per heavy atom. The highest BCUT2D eigenvalue weighted by atomic mass is 32.2. The Labute approximate surface area is 97.7 Å². The van der Waals surface area contributed by atoms with Gasteiger partial charge in [0, 0.05) is 10.5 Å². The molecule has 1 saturated heterocycles. The fraction of sp³-hybridized carbons (Fsp3) is 0.429. The van der Waals surface area contributed by atoms with E-state index in [1.807, 2.05) is 0 Å². The molecule has 0 spiro atoms. The molecule has 0 bridgehead atoms. The summed E-state index contributed by atoms with van der Waals surface area (Å²) < 4.78 is 9.76.